The third kappa shape index (κ3) is 4.32. The van der Waals surface area contributed by atoms with Crippen molar-refractivity contribution in [3.05, 3.63) is 75.3 Å². The lowest BCUT2D eigenvalue weighted by Crippen LogP contribution is -2.42. The Balaban J connectivity index is 1.58. The first-order valence-corrected chi connectivity index (χ1v) is 8.63. The molecule has 1 aromatic heterocycles. The maximum Gasteiger partial charge on any atom is 0.269 e. The van der Waals surface area contributed by atoms with E-state index in [9.17, 15) is 14.4 Å². The number of hydrogen-bond acceptors (Lipinski definition) is 4. The van der Waals surface area contributed by atoms with Crippen molar-refractivity contribution in [3.8, 4) is 0 Å². The van der Waals surface area contributed by atoms with Crippen molar-refractivity contribution in [1.82, 2.24) is 20.4 Å². The number of halogens is 1. The number of hydrogen-bond donors (Lipinski definition) is 2. The molecule has 8 heteroatoms. The normalized spacial score (nSPS) is 10.6. The van der Waals surface area contributed by atoms with Crippen LogP contribution in [0.15, 0.2) is 53.6 Å². The standard InChI is InChI=1S/C19H17ClN4O3/c1-12-3-2-4-15-17(12)21-11-24(19(15)27)10-9-16(25)22-23-18(26)13-5-7-14(20)8-6-13/h2-8,11H,9-10H2,1H3,(H,22,25)(H,23,26). The first-order valence-electron chi connectivity index (χ1n) is 8.25. The fourth-order valence-corrected chi connectivity index (χ4v) is 2.71. The third-order valence-electron chi connectivity index (χ3n) is 4.06. The van der Waals surface area contributed by atoms with Gasteiger partial charge in [0.2, 0.25) is 5.91 Å². The van der Waals surface area contributed by atoms with Gasteiger partial charge >= 0.3 is 0 Å². The highest BCUT2D eigenvalue weighted by atomic mass is 35.5. The zero-order valence-corrected chi connectivity index (χ0v) is 15.3. The second kappa shape index (κ2) is 8.01. The van der Waals surface area contributed by atoms with Crippen molar-refractivity contribution in [1.29, 1.82) is 0 Å². The molecule has 0 bridgehead atoms. The largest absolute Gasteiger partial charge is 0.298 e. The average molecular weight is 385 g/mol. The summed E-state index contributed by atoms with van der Waals surface area (Å²) in [5.41, 5.74) is 6.37. The van der Waals surface area contributed by atoms with Crippen molar-refractivity contribution in [2.45, 2.75) is 19.9 Å². The van der Waals surface area contributed by atoms with Gasteiger partial charge in [-0.2, -0.15) is 0 Å². The summed E-state index contributed by atoms with van der Waals surface area (Å²) in [7, 11) is 0. The van der Waals surface area contributed by atoms with E-state index in [1.807, 2.05) is 13.0 Å². The number of para-hydroxylation sites is 1. The van der Waals surface area contributed by atoms with Crippen LogP contribution in [0.25, 0.3) is 10.9 Å². The summed E-state index contributed by atoms with van der Waals surface area (Å²) < 4.78 is 1.38. The van der Waals surface area contributed by atoms with Crippen LogP contribution in [-0.4, -0.2) is 21.4 Å². The summed E-state index contributed by atoms with van der Waals surface area (Å²) in [6.45, 7) is 2.04. The molecule has 2 amide bonds. The van der Waals surface area contributed by atoms with Gasteiger partial charge in [-0.15, -0.1) is 0 Å². The number of hydrazine groups is 1. The summed E-state index contributed by atoms with van der Waals surface area (Å²) in [5, 5.41) is 1.02. The van der Waals surface area contributed by atoms with Crippen molar-refractivity contribution in [2.75, 3.05) is 0 Å². The molecule has 3 rings (SSSR count). The van der Waals surface area contributed by atoms with Gasteiger partial charge < -0.3 is 0 Å². The summed E-state index contributed by atoms with van der Waals surface area (Å²) >= 11 is 5.77. The fourth-order valence-electron chi connectivity index (χ4n) is 2.58. The molecule has 7 nitrogen and oxygen atoms in total. The van der Waals surface area contributed by atoms with E-state index in [1.165, 1.54) is 10.9 Å². The number of nitrogens with zero attached hydrogens (tertiary/aromatic N) is 2. The highest BCUT2D eigenvalue weighted by Gasteiger charge is 2.09. The third-order valence-corrected chi connectivity index (χ3v) is 4.31. The van der Waals surface area contributed by atoms with Crippen molar-refractivity contribution in [2.24, 2.45) is 0 Å². The highest BCUT2D eigenvalue weighted by Crippen LogP contribution is 2.11. The summed E-state index contributed by atoms with van der Waals surface area (Å²) in [6.07, 6.45) is 1.44. The first kappa shape index (κ1) is 18.6. The summed E-state index contributed by atoms with van der Waals surface area (Å²) in [4.78, 5) is 40.7. The molecule has 0 aliphatic heterocycles. The maximum atomic E-state index is 12.5. The highest BCUT2D eigenvalue weighted by molar-refractivity contribution is 6.30. The van der Waals surface area contributed by atoms with Crippen LogP contribution in [0.4, 0.5) is 0 Å². The van der Waals surface area contributed by atoms with E-state index in [0.29, 0.717) is 21.5 Å². The van der Waals surface area contributed by atoms with E-state index in [4.69, 9.17) is 11.6 Å². The minimum absolute atomic E-state index is 0.0137. The molecule has 0 radical (unpaired) electrons. The minimum Gasteiger partial charge on any atom is -0.298 e. The van der Waals surface area contributed by atoms with Gasteiger partial charge in [0.15, 0.2) is 0 Å². The number of carbonyl (C=O) groups is 2. The second-order valence-electron chi connectivity index (χ2n) is 5.97. The van der Waals surface area contributed by atoms with E-state index < -0.39 is 11.8 Å². The molecule has 0 saturated carbocycles. The van der Waals surface area contributed by atoms with Crippen molar-refractivity contribution >= 4 is 34.3 Å². The van der Waals surface area contributed by atoms with Crippen molar-refractivity contribution in [3.63, 3.8) is 0 Å². The maximum absolute atomic E-state index is 12.5. The molecule has 2 aromatic carbocycles. The zero-order valence-electron chi connectivity index (χ0n) is 14.5. The van der Waals surface area contributed by atoms with Crippen LogP contribution in [0.2, 0.25) is 5.02 Å². The molecule has 0 saturated heterocycles. The molecule has 0 aliphatic rings. The van der Waals surface area contributed by atoms with Gasteiger partial charge in [-0.3, -0.25) is 29.8 Å². The molecular weight excluding hydrogens is 368 g/mol. The molecule has 0 atom stereocenters. The summed E-state index contributed by atoms with van der Waals surface area (Å²) in [5.74, 6) is -0.881. The predicted molar refractivity (Wildman–Crippen MR) is 102 cm³/mol. The van der Waals surface area contributed by atoms with E-state index in [2.05, 4.69) is 15.8 Å². The number of carbonyl (C=O) groups excluding carboxylic acids is 2. The van der Waals surface area contributed by atoms with Crippen LogP contribution < -0.4 is 16.4 Å². The van der Waals surface area contributed by atoms with E-state index in [0.717, 1.165) is 5.56 Å². The fraction of sp³-hybridized carbons (Fsp3) is 0.158. The Hall–Kier alpha value is -3.19. The van der Waals surface area contributed by atoms with Gasteiger partial charge in [-0.25, -0.2) is 4.98 Å². The molecule has 0 spiro atoms. The van der Waals surface area contributed by atoms with Crippen LogP contribution in [-0.2, 0) is 11.3 Å². The first-order chi connectivity index (χ1) is 13.0. The number of aryl methyl sites for hydroxylation is 2. The second-order valence-corrected chi connectivity index (χ2v) is 6.41. The lowest BCUT2D eigenvalue weighted by atomic mass is 10.1. The lowest BCUT2D eigenvalue weighted by molar-refractivity contribution is -0.122. The topological polar surface area (TPSA) is 93.1 Å². The predicted octanol–water partition coefficient (Wildman–Crippen LogP) is 2.21. The molecule has 27 heavy (non-hydrogen) atoms. The molecular formula is C19H17ClN4O3. The van der Waals surface area contributed by atoms with Gasteiger partial charge in [-0.05, 0) is 42.8 Å². The molecule has 2 N–H and O–H groups in total. The number of aromatic nitrogens is 2. The minimum atomic E-state index is -0.458. The Morgan fingerprint density at radius 3 is 2.59 bits per heavy atom. The Labute approximate surface area is 160 Å². The van der Waals surface area contributed by atoms with Gasteiger partial charge in [0.25, 0.3) is 11.5 Å². The summed E-state index contributed by atoms with van der Waals surface area (Å²) in [6, 6.07) is 11.6. The van der Waals surface area contributed by atoms with Crippen LogP contribution in [0.3, 0.4) is 0 Å². The number of nitrogens with one attached hydrogen (secondary N) is 2. The van der Waals surface area contributed by atoms with Crippen molar-refractivity contribution < 1.29 is 9.59 Å². The van der Waals surface area contributed by atoms with E-state index in [1.54, 1.807) is 36.4 Å². The SMILES string of the molecule is Cc1cccc2c(=O)n(CCC(=O)NNC(=O)c3ccc(Cl)cc3)cnc12. The zero-order chi connectivity index (χ0) is 19.4. The molecule has 138 valence electrons. The van der Waals surface area contributed by atoms with E-state index >= 15 is 0 Å². The Kier molecular flexibility index (Phi) is 5.52. The monoisotopic (exact) mass is 384 g/mol. The average Bonchev–Trinajstić information content (AvgIpc) is 2.66. The molecule has 0 aliphatic carbocycles. The quantitative estimate of drug-likeness (QED) is 0.674. The van der Waals surface area contributed by atoms with Crippen LogP contribution in [0.1, 0.15) is 22.3 Å². The van der Waals surface area contributed by atoms with Gasteiger partial charge in [0.05, 0.1) is 17.2 Å². The van der Waals surface area contributed by atoms with Gasteiger partial charge in [-0.1, -0.05) is 23.7 Å². The molecule has 3 aromatic rings. The van der Waals surface area contributed by atoms with Gasteiger partial charge in [0.1, 0.15) is 0 Å². The Morgan fingerprint density at radius 1 is 1.11 bits per heavy atom. The smallest absolute Gasteiger partial charge is 0.269 e. The van der Waals surface area contributed by atoms with Crippen LogP contribution in [0.5, 0.6) is 0 Å². The van der Waals surface area contributed by atoms with Crippen LogP contribution >= 0.6 is 11.6 Å². The Morgan fingerprint density at radius 2 is 1.85 bits per heavy atom. The van der Waals surface area contributed by atoms with Crippen LogP contribution in [0, 0.1) is 6.92 Å². The number of benzene rings is 2. The van der Waals surface area contributed by atoms with Gasteiger partial charge in [0, 0.05) is 23.6 Å². The lowest BCUT2D eigenvalue weighted by Gasteiger charge is -2.09. The number of rotatable bonds is 4. The molecule has 0 fully saturated rings. The van der Waals surface area contributed by atoms with E-state index in [-0.39, 0.29) is 18.5 Å². The number of amides is 2. The number of fused-ring (bicyclic) bond motifs is 1. The Bertz CT molecular complexity index is 1060. The molecule has 0 unspecified atom stereocenters. The molecule has 1 heterocycles.